The number of hydrogen-bond donors (Lipinski definition) is 1. The van der Waals surface area contributed by atoms with Gasteiger partial charge in [-0.15, -0.1) is 0 Å². The van der Waals surface area contributed by atoms with Crippen molar-refractivity contribution >= 4 is 0 Å². The van der Waals surface area contributed by atoms with E-state index >= 15 is 0 Å². The van der Waals surface area contributed by atoms with Crippen molar-refractivity contribution in [3.05, 3.63) is 18.0 Å². The fourth-order valence-corrected chi connectivity index (χ4v) is 2.34. The summed E-state index contributed by atoms with van der Waals surface area (Å²) < 4.78 is 1.87. The lowest BCUT2D eigenvalue weighted by Gasteiger charge is -2.31. The van der Waals surface area contributed by atoms with Crippen LogP contribution in [0.4, 0.5) is 0 Å². The van der Waals surface area contributed by atoms with E-state index in [-0.39, 0.29) is 5.54 Å². The summed E-state index contributed by atoms with van der Waals surface area (Å²) in [5, 5.41) is 8.03. The van der Waals surface area contributed by atoms with Crippen molar-refractivity contribution in [2.45, 2.75) is 51.6 Å². The summed E-state index contributed by atoms with van der Waals surface area (Å²) in [6.45, 7) is 6.76. The highest BCUT2D eigenvalue weighted by Gasteiger charge is 2.34. The van der Waals surface area contributed by atoms with Gasteiger partial charge < -0.3 is 5.32 Å². The van der Waals surface area contributed by atoms with Gasteiger partial charge in [0.1, 0.15) is 0 Å². The Kier molecular flexibility index (Phi) is 3.06. The van der Waals surface area contributed by atoms with Gasteiger partial charge in [-0.2, -0.15) is 5.10 Å². The minimum absolute atomic E-state index is 0.0253. The van der Waals surface area contributed by atoms with Crippen LogP contribution in [-0.4, -0.2) is 15.8 Å². The quantitative estimate of drug-likeness (QED) is 0.827. The zero-order valence-electron chi connectivity index (χ0n) is 10.8. The first-order valence-electron chi connectivity index (χ1n) is 6.29. The molecule has 2 rings (SSSR count). The second-order valence-corrected chi connectivity index (χ2v) is 5.52. The third-order valence-corrected chi connectivity index (χ3v) is 3.60. The van der Waals surface area contributed by atoms with E-state index in [0.717, 1.165) is 5.92 Å². The van der Waals surface area contributed by atoms with Gasteiger partial charge in [0, 0.05) is 30.4 Å². The predicted molar refractivity (Wildman–Crippen MR) is 66.2 cm³/mol. The van der Waals surface area contributed by atoms with E-state index < -0.39 is 0 Å². The molecule has 1 aliphatic rings. The highest BCUT2D eigenvalue weighted by molar-refractivity contribution is 5.16. The maximum absolute atomic E-state index is 4.25. The van der Waals surface area contributed by atoms with Crippen molar-refractivity contribution < 1.29 is 0 Å². The summed E-state index contributed by atoms with van der Waals surface area (Å²) in [4.78, 5) is 0. The summed E-state index contributed by atoms with van der Waals surface area (Å²) in [5.74, 6) is 0.904. The number of aromatic nitrogens is 2. The minimum atomic E-state index is 0.0253. The van der Waals surface area contributed by atoms with E-state index in [0.29, 0.717) is 6.04 Å². The van der Waals surface area contributed by atoms with E-state index in [2.05, 4.69) is 37.4 Å². The van der Waals surface area contributed by atoms with Crippen molar-refractivity contribution in [3.8, 4) is 0 Å². The third-order valence-electron chi connectivity index (χ3n) is 3.60. The molecule has 90 valence electrons. The molecule has 1 aromatic rings. The Bertz CT molecular complexity index is 350. The third kappa shape index (κ3) is 2.46. The van der Waals surface area contributed by atoms with Crippen LogP contribution in [0, 0.1) is 5.92 Å². The van der Waals surface area contributed by atoms with Crippen LogP contribution < -0.4 is 5.32 Å². The number of aryl methyl sites for hydroxylation is 1. The standard InChI is InChI=1S/C13H23N3/c1-5-12(10-6-7-10)15-13(2,3)11-8-14-16(4)9-11/h8-10,12,15H,5-7H2,1-4H3. The molecule has 16 heavy (non-hydrogen) atoms. The van der Waals surface area contributed by atoms with Gasteiger partial charge >= 0.3 is 0 Å². The molecule has 0 spiro atoms. The molecule has 3 nitrogen and oxygen atoms in total. The average molecular weight is 221 g/mol. The van der Waals surface area contributed by atoms with Crippen LogP contribution in [-0.2, 0) is 12.6 Å². The molecule has 1 N–H and O–H groups in total. The Morgan fingerprint density at radius 1 is 1.56 bits per heavy atom. The van der Waals surface area contributed by atoms with Gasteiger partial charge in [0.05, 0.1) is 6.20 Å². The van der Waals surface area contributed by atoms with Gasteiger partial charge in [0.15, 0.2) is 0 Å². The fourth-order valence-electron chi connectivity index (χ4n) is 2.34. The molecular formula is C13H23N3. The minimum Gasteiger partial charge on any atom is -0.305 e. The van der Waals surface area contributed by atoms with Gasteiger partial charge in [-0.05, 0) is 39.0 Å². The molecule has 0 aromatic carbocycles. The van der Waals surface area contributed by atoms with Gasteiger partial charge in [0.2, 0.25) is 0 Å². The average Bonchev–Trinajstić information content (AvgIpc) is 2.97. The highest BCUT2D eigenvalue weighted by atomic mass is 15.2. The van der Waals surface area contributed by atoms with Crippen molar-refractivity contribution in [2.24, 2.45) is 13.0 Å². The van der Waals surface area contributed by atoms with Crippen LogP contribution in [0.1, 0.15) is 45.6 Å². The molecule has 3 heteroatoms. The normalized spacial score (nSPS) is 18.8. The molecule has 1 aromatic heterocycles. The maximum atomic E-state index is 4.25. The Hall–Kier alpha value is -0.830. The molecule has 0 amide bonds. The Morgan fingerprint density at radius 3 is 2.69 bits per heavy atom. The summed E-state index contributed by atoms with van der Waals surface area (Å²) in [7, 11) is 1.97. The summed E-state index contributed by atoms with van der Waals surface area (Å²) in [6.07, 6.45) is 8.08. The van der Waals surface area contributed by atoms with Gasteiger partial charge in [0.25, 0.3) is 0 Å². The molecule has 0 saturated heterocycles. The maximum Gasteiger partial charge on any atom is 0.0540 e. The SMILES string of the molecule is CCC(NC(C)(C)c1cnn(C)c1)C1CC1. The molecule has 1 aliphatic carbocycles. The highest BCUT2D eigenvalue weighted by Crippen LogP contribution is 2.35. The summed E-state index contributed by atoms with van der Waals surface area (Å²) in [6, 6.07) is 0.662. The van der Waals surface area contributed by atoms with Gasteiger partial charge in [-0.25, -0.2) is 0 Å². The molecule has 1 heterocycles. The molecule has 0 radical (unpaired) electrons. The molecule has 0 bridgehead atoms. The second-order valence-electron chi connectivity index (χ2n) is 5.52. The molecule has 0 aliphatic heterocycles. The monoisotopic (exact) mass is 221 g/mol. The fraction of sp³-hybridized carbons (Fsp3) is 0.769. The first-order chi connectivity index (χ1) is 7.53. The smallest absolute Gasteiger partial charge is 0.0540 e. The summed E-state index contributed by atoms with van der Waals surface area (Å²) >= 11 is 0. The molecule has 1 unspecified atom stereocenters. The van der Waals surface area contributed by atoms with Crippen LogP contribution >= 0.6 is 0 Å². The molecule has 1 saturated carbocycles. The lowest BCUT2D eigenvalue weighted by Crippen LogP contribution is -2.44. The van der Waals surface area contributed by atoms with Crippen molar-refractivity contribution in [1.82, 2.24) is 15.1 Å². The number of hydrogen-bond acceptors (Lipinski definition) is 2. The number of nitrogens with one attached hydrogen (secondary N) is 1. The summed E-state index contributed by atoms with van der Waals surface area (Å²) in [5.41, 5.74) is 1.30. The topological polar surface area (TPSA) is 29.9 Å². The van der Waals surface area contributed by atoms with Gasteiger partial charge in [-0.3, -0.25) is 4.68 Å². The Labute approximate surface area is 98.2 Å². The Balaban J connectivity index is 2.06. The van der Waals surface area contributed by atoms with E-state index in [9.17, 15) is 0 Å². The van der Waals surface area contributed by atoms with Crippen molar-refractivity contribution in [2.75, 3.05) is 0 Å². The predicted octanol–water partition coefficient (Wildman–Crippen LogP) is 2.43. The van der Waals surface area contributed by atoms with E-state index in [1.165, 1.54) is 24.8 Å². The zero-order chi connectivity index (χ0) is 11.8. The van der Waals surface area contributed by atoms with Crippen molar-refractivity contribution in [1.29, 1.82) is 0 Å². The van der Waals surface area contributed by atoms with Crippen LogP contribution in [0.15, 0.2) is 12.4 Å². The lowest BCUT2D eigenvalue weighted by molar-refractivity contribution is 0.311. The lowest BCUT2D eigenvalue weighted by atomic mass is 9.95. The number of rotatable bonds is 5. The first-order valence-corrected chi connectivity index (χ1v) is 6.29. The van der Waals surface area contributed by atoms with E-state index in [1.54, 1.807) is 0 Å². The largest absolute Gasteiger partial charge is 0.305 e. The van der Waals surface area contributed by atoms with E-state index in [1.807, 2.05) is 17.9 Å². The first kappa shape index (κ1) is 11.6. The van der Waals surface area contributed by atoms with Gasteiger partial charge in [-0.1, -0.05) is 6.92 Å². The van der Waals surface area contributed by atoms with Crippen LogP contribution in [0.5, 0.6) is 0 Å². The van der Waals surface area contributed by atoms with E-state index in [4.69, 9.17) is 0 Å². The molecule has 1 atom stereocenters. The Morgan fingerprint density at radius 2 is 2.25 bits per heavy atom. The number of nitrogens with zero attached hydrogens (tertiary/aromatic N) is 2. The molecular weight excluding hydrogens is 198 g/mol. The van der Waals surface area contributed by atoms with Crippen molar-refractivity contribution in [3.63, 3.8) is 0 Å². The molecule has 1 fully saturated rings. The second kappa shape index (κ2) is 4.21. The van der Waals surface area contributed by atoms with Crippen LogP contribution in [0.25, 0.3) is 0 Å². The zero-order valence-corrected chi connectivity index (χ0v) is 10.8. The van der Waals surface area contributed by atoms with Crippen LogP contribution in [0.2, 0.25) is 0 Å². The van der Waals surface area contributed by atoms with Crippen LogP contribution in [0.3, 0.4) is 0 Å².